The molecule has 0 atom stereocenters. The maximum atomic E-state index is 10.2. The Morgan fingerprint density at radius 3 is 2.91 bits per heavy atom. The summed E-state index contributed by atoms with van der Waals surface area (Å²) in [5.41, 5.74) is 0.689. The SMILES string of the molecule is C/C(C=O)=C/c1sccc1Cl. The first kappa shape index (κ1) is 8.50. The molecular formula is C8H7ClOS. The highest BCUT2D eigenvalue weighted by Crippen LogP contribution is 2.23. The molecule has 0 aliphatic heterocycles. The van der Waals surface area contributed by atoms with Crippen molar-refractivity contribution >= 4 is 35.3 Å². The Kier molecular flexibility index (Phi) is 2.85. The number of allylic oxidation sites excluding steroid dienone is 1. The van der Waals surface area contributed by atoms with Gasteiger partial charge in [0.05, 0.1) is 5.02 Å². The van der Waals surface area contributed by atoms with Crippen molar-refractivity contribution in [1.29, 1.82) is 0 Å². The second-order valence-electron chi connectivity index (χ2n) is 2.14. The zero-order valence-corrected chi connectivity index (χ0v) is 7.58. The van der Waals surface area contributed by atoms with Crippen LogP contribution in [-0.4, -0.2) is 6.29 Å². The van der Waals surface area contributed by atoms with Gasteiger partial charge in [-0.2, -0.15) is 0 Å². The number of carbonyl (C=O) groups excluding carboxylic acids is 1. The maximum Gasteiger partial charge on any atom is 0.145 e. The van der Waals surface area contributed by atoms with Crippen molar-refractivity contribution in [3.8, 4) is 0 Å². The van der Waals surface area contributed by atoms with Gasteiger partial charge in [0.15, 0.2) is 0 Å². The van der Waals surface area contributed by atoms with E-state index in [9.17, 15) is 4.79 Å². The van der Waals surface area contributed by atoms with Gasteiger partial charge in [0.2, 0.25) is 0 Å². The van der Waals surface area contributed by atoms with Crippen LogP contribution in [0.5, 0.6) is 0 Å². The Morgan fingerprint density at radius 2 is 2.45 bits per heavy atom. The second kappa shape index (κ2) is 3.69. The molecule has 0 amide bonds. The summed E-state index contributed by atoms with van der Waals surface area (Å²) in [7, 11) is 0. The lowest BCUT2D eigenvalue weighted by molar-refractivity contribution is -0.104. The van der Waals surface area contributed by atoms with E-state index in [-0.39, 0.29) is 0 Å². The number of thiophene rings is 1. The van der Waals surface area contributed by atoms with E-state index < -0.39 is 0 Å². The Bertz CT molecular complexity index is 288. The minimum atomic E-state index is 0.689. The summed E-state index contributed by atoms with van der Waals surface area (Å²) in [5, 5.41) is 2.60. The minimum Gasteiger partial charge on any atom is -0.298 e. The van der Waals surface area contributed by atoms with Gasteiger partial charge >= 0.3 is 0 Å². The molecule has 0 aliphatic rings. The van der Waals surface area contributed by atoms with E-state index in [1.165, 1.54) is 11.3 Å². The van der Waals surface area contributed by atoms with E-state index in [2.05, 4.69) is 0 Å². The fourth-order valence-corrected chi connectivity index (χ4v) is 1.76. The van der Waals surface area contributed by atoms with Crippen LogP contribution in [0.15, 0.2) is 17.0 Å². The Hall–Kier alpha value is -0.600. The number of carbonyl (C=O) groups is 1. The molecule has 0 unspecified atom stereocenters. The average molecular weight is 187 g/mol. The molecule has 58 valence electrons. The topological polar surface area (TPSA) is 17.1 Å². The Labute approximate surface area is 74.3 Å². The summed E-state index contributed by atoms with van der Waals surface area (Å²) in [6.07, 6.45) is 2.59. The van der Waals surface area contributed by atoms with Crippen molar-refractivity contribution in [2.45, 2.75) is 6.92 Å². The first-order valence-electron chi connectivity index (χ1n) is 3.10. The van der Waals surface area contributed by atoms with Crippen LogP contribution in [0.2, 0.25) is 5.02 Å². The van der Waals surface area contributed by atoms with Crippen molar-refractivity contribution in [2.24, 2.45) is 0 Å². The number of aldehydes is 1. The van der Waals surface area contributed by atoms with E-state index in [0.717, 1.165) is 11.2 Å². The quantitative estimate of drug-likeness (QED) is 0.513. The first-order chi connectivity index (χ1) is 5.24. The van der Waals surface area contributed by atoms with Crippen LogP contribution in [-0.2, 0) is 4.79 Å². The van der Waals surface area contributed by atoms with E-state index in [0.29, 0.717) is 10.6 Å². The normalized spacial score (nSPS) is 11.6. The van der Waals surface area contributed by atoms with Crippen molar-refractivity contribution < 1.29 is 4.79 Å². The molecule has 11 heavy (non-hydrogen) atoms. The highest BCUT2D eigenvalue weighted by atomic mass is 35.5. The zero-order valence-electron chi connectivity index (χ0n) is 6.00. The summed E-state index contributed by atoms with van der Waals surface area (Å²) in [5.74, 6) is 0. The van der Waals surface area contributed by atoms with Crippen LogP contribution < -0.4 is 0 Å². The maximum absolute atomic E-state index is 10.2. The summed E-state index contributed by atoms with van der Waals surface area (Å²) >= 11 is 7.32. The van der Waals surface area contributed by atoms with Crippen molar-refractivity contribution in [1.82, 2.24) is 0 Å². The minimum absolute atomic E-state index is 0.689. The monoisotopic (exact) mass is 186 g/mol. The van der Waals surface area contributed by atoms with Crippen molar-refractivity contribution in [2.75, 3.05) is 0 Å². The molecular weight excluding hydrogens is 180 g/mol. The highest BCUT2D eigenvalue weighted by molar-refractivity contribution is 7.11. The molecule has 1 heterocycles. The molecule has 0 fully saturated rings. The molecule has 1 rings (SSSR count). The smallest absolute Gasteiger partial charge is 0.145 e. The molecule has 0 spiro atoms. The van der Waals surface area contributed by atoms with Crippen LogP contribution >= 0.6 is 22.9 Å². The van der Waals surface area contributed by atoms with Gasteiger partial charge < -0.3 is 0 Å². The van der Waals surface area contributed by atoms with Crippen LogP contribution in [0.25, 0.3) is 6.08 Å². The van der Waals surface area contributed by atoms with Gasteiger partial charge in [0.1, 0.15) is 6.29 Å². The largest absolute Gasteiger partial charge is 0.298 e. The molecule has 0 saturated heterocycles. The molecule has 1 aromatic rings. The standard InChI is InChI=1S/C8H7ClOS/c1-6(5-10)4-8-7(9)2-3-11-8/h2-5H,1H3/b6-4-. The molecule has 0 N–H and O–H groups in total. The van der Waals surface area contributed by atoms with Crippen LogP contribution in [0, 0.1) is 0 Å². The number of hydrogen-bond donors (Lipinski definition) is 0. The van der Waals surface area contributed by atoms with E-state index >= 15 is 0 Å². The number of halogens is 1. The predicted octanol–water partition coefficient (Wildman–Crippen LogP) is 3.00. The van der Waals surface area contributed by atoms with E-state index in [4.69, 9.17) is 11.6 Å². The summed E-state index contributed by atoms with van der Waals surface area (Å²) in [4.78, 5) is 11.2. The van der Waals surface area contributed by atoms with Gasteiger partial charge in [-0.3, -0.25) is 4.79 Å². The van der Waals surface area contributed by atoms with E-state index in [1.54, 1.807) is 13.0 Å². The third-order valence-corrected chi connectivity index (χ3v) is 2.49. The van der Waals surface area contributed by atoms with E-state index in [1.807, 2.05) is 11.4 Å². The first-order valence-corrected chi connectivity index (χ1v) is 4.36. The molecule has 1 aromatic heterocycles. The fourth-order valence-electron chi connectivity index (χ4n) is 0.649. The molecule has 0 radical (unpaired) electrons. The van der Waals surface area contributed by atoms with Gasteiger partial charge in [-0.15, -0.1) is 11.3 Å². The third kappa shape index (κ3) is 2.17. The molecule has 3 heteroatoms. The van der Waals surface area contributed by atoms with Gasteiger partial charge in [-0.25, -0.2) is 0 Å². The van der Waals surface area contributed by atoms with Crippen molar-refractivity contribution in [3.63, 3.8) is 0 Å². The third-order valence-electron chi connectivity index (χ3n) is 1.19. The van der Waals surface area contributed by atoms with Crippen LogP contribution in [0.3, 0.4) is 0 Å². The van der Waals surface area contributed by atoms with Gasteiger partial charge in [-0.1, -0.05) is 11.6 Å². The summed E-state index contributed by atoms with van der Waals surface area (Å²) in [6, 6.07) is 1.82. The lowest BCUT2D eigenvalue weighted by Crippen LogP contribution is -1.73. The van der Waals surface area contributed by atoms with Crippen LogP contribution in [0.4, 0.5) is 0 Å². The molecule has 0 aromatic carbocycles. The second-order valence-corrected chi connectivity index (χ2v) is 3.49. The Balaban J connectivity index is 2.94. The molecule has 0 saturated carbocycles. The number of rotatable bonds is 2. The molecule has 1 nitrogen and oxygen atoms in total. The number of hydrogen-bond acceptors (Lipinski definition) is 2. The lowest BCUT2D eigenvalue weighted by Gasteiger charge is -1.87. The van der Waals surface area contributed by atoms with Crippen LogP contribution in [0.1, 0.15) is 11.8 Å². The summed E-state index contributed by atoms with van der Waals surface area (Å²) < 4.78 is 0. The van der Waals surface area contributed by atoms with Gasteiger partial charge in [0.25, 0.3) is 0 Å². The Morgan fingerprint density at radius 1 is 1.73 bits per heavy atom. The zero-order chi connectivity index (χ0) is 8.27. The van der Waals surface area contributed by atoms with Gasteiger partial charge in [0, 0.05) is 4.88 Å². The fraction of sp³-hybridized carbons (Fsp3) is 0.125. The average Bonchev–Trinajstić information content (AvgIpc) is 2.37. The highest BCUT2D eigenvalue weighted by Gasteiger charge is 1.97. The lowest BCUT2D eigenvalue weighted by atomic mass is 10.3. The molecule has 0 bridgehead atoms. The molecule has 0 aliphatic carbocycles. The predicted molar refractivity (Wildman–Crippen MR) is 49.0 cm³/mol. The summed E-state index contributed by atoms with van der Waals surface area (Å²) in [6.45, 7) is 1.75. The van der Waals surface area contributed by atoms with Gasteiger partial charge in [-0.05, 0) is 30.0 Å². The van der Waals surface area contributed by atoms with Crippen molar-refractivity contribution in [3.05, 3.63) is 26.9 Å².